The van der Waals surface area contributed by atoms with Crippen LogP contribution in [-0.4, -0.2) is 27.4 Å². The summed E-state index contributed by atoms with van der Waals surface area (Å²) in [5.41, 5.74) is 0. The van der Waals surface area contributed by atoms with Gasteiger partial charge in [0, 0.05) is 19.6 Å². The normalized spacial score (nSPS) is 16.0. The van der Waals surface area contributed by atoms with E-state index < -0.39 is 0 Å². The minimum Gasteiger partial charge on any atom is -0.338 e. The third kappa shape index (κ3) is 2.22. The van der Waals surface area contributed by atoms with E-state index in [-0.39, 0.29) is 0 Å². The summed E-state index contributed by atoms with van der Waals surface area (Å²) in [6.45, 7) is 5.52. The standard InChI is InChI=1S/C10H18N4S/c1-7(2)6-14(8-4-5-8)9-11-12-10(15)13(9)3/h7-8H,4-6H2,1-3H3,(H,12,15). The smallest absolute Gasteiger partial charge is 0.225 e. The first-order chi connectivity index (χ1) is 7.09. The van der Waals surface area contributed by atoms with Gasteiger partial charge in [-0.2, -0.15) is 0 Å². The highest BCUT2D eigenvalue weighted by atomic mass is 32.1. The second-order valence-electron chi connectivity index (χ2n) is 4.67. The molecule has 2 rings (SSSR count). The van der Waals surface area contributed by atoms with Gasteiger partial charge in [0.15, 0.2) is 4.77 Å². The van der Waals surface area contributed by atoms with E-state index >= 15 is 0 Å². The van der Waals surface area contributed by atoms with E-state index in [0.717, 1.165) is 12.5 Å². The summed E-state index contributed by atoms with van der Waals surface area (Å²) in [6, 6.07) is 0.677. The lowest BCUT2D eigenvalue weighted by Crippen LogP contribution is -2.32. The van der Waals surface area contributed by atoms with Gasteiger partial charge < -0.3 is 4.90 Å². The Balaban J connectivity index is 2.24. The first-order valence-electron chi connectivity index (χ1n) is 5.47. The topological polar surface area (TPSA) is 36.9 Å². The fourth-order valence-electron chi connectivity index (χ4n) is 1.77. The summed E-state index contributed by atoms with van der Waals surface area (Å²) in [4.78, 5) is 2.37. The van der Waals surface area contributed by atoms with Crippen LogP contribution in [-0.2, 0) is 7.05 Å². The monoisotopic (exact) mass is 226 g/mol. The Morgan fingerprint density at radius 3 is 2.67 bits per heavy atom. The minimum absolute atomic E-state index is 0.649. The molecule has 1 saturated carbocycles. The summed E-state index contributed by atoms with van der Waals surface area (Å²) in [6.07, 6.45) is 2.57. The van der Waals surface area contributed by atoms with Crippen LogP contribution in [0.5, 0.6) is 0 Å². The van der Waals surface area contributed by atoms with Crippen LogP contribution < -0.4 is 4.90 Å². The molecule has 0 spiro atoms. The number of rotatable bonds is 4. The van der Waals surface area contributed by atoms with Gasteiger partial charge >= 0.3 is 0 Å². The molecular weight excluding hydrogens is 208 g/mol. The highest BCUT2D eigenvalue weighted by Crippen LogP contribution is 2.30. The number of hydrogen-bond donors (Lipinski definition) is 1. The molecule has 0 aliphatic heterocycles. The third-order valence-electron chi connectivity index (χ3n) is 2.66. The van der Waals surface area contributed by atoms with E-state index in [2.05, 4.69) is 28.9 Å². The zero-order valence-corrected chi connectivity index (χ0v) is 10.3. The van der Waals surface area contributed by atoms with E-state index in [1.54, 1.807) is 0 Å². The Hall–Kier alpha value is -0.840. The van der Waals surface area contributed by atoms with Crippen molar-refractivity contribution in [3.63, 3.8) is 0 Å². The lowest BCUT2D eigenvalue weighted by atomic mass is 10.2. The Labute approximate surface area is 95.3 Å². The maximum Gasteiger partial charge on any atom is 0.225 e. The van der Waals surface area contributed by atoms with Gasteiger partial charge in [-0.1, -0.05) is 13.8 Å². The number of nitrogens with one attached hydrogen (secondary N) is 1. The van der Waals surface area contributed by atoms with Crippen molar-refractivity contribution in [3.8, 4) is 0 Å². The summed E-state index contributed by atoms with van der Waals surface area (Å²) >= 11 is 5.13. The van der Waals surface area contributed by atoms with Crippen molar-refractivity contribution in [2.75, 3.05) is 11.4 Å². The second-order valence-corrected chi connectivity index (χ2v) is 5.05. The van der Waals surface area contributed by atoms with Crippen molar-refractivity contribution in [2.45, 2.75) is 32.7 Å². The Morgan fingerprint density at radius 2 is 2.27 bits per heavy atom. The van der Waals surface area contributed by atoms with Gasteiger partial charge in [0.25, 0.3) is 0 Å². The molecule has 0 bridgehead atoms. The molecule has 0 atom stereocenters. The van der Waals surface area contributed by atoms with Gasteiger partial charge in [-0.25, -0.2) is 5.10 Å². The molecule has 0 amide bonds. The highest BCUT2D eigenvalue weighted by molar-refractivity contribution is 7.71. The van der Waals surface area contributed by atoms with Crippen LogP contribution in [0.2, 0.25) is 0 Å². The van der Waals surface area contributed by atoms with Crippen LogP contribution in [0.25, 0.3) is 0 Å². The summed E-state index contributed by atoms with van der Waals surface area (Å²) in [7, 11) is 1.97. The number of H-pyrrole nitrogens is 1. The van der Waals surface area contributed by atoms with Crippen molar-refractivity contribution in [3.05, 3.63) is 4.77 Å². The van der Waals surface area contributed by atoms with E-state index in [9.17, 15) is 0 Å². The number of anilines is 1. The lowest BCUT2D eigenvalue weighted by molar-refractivity contribution is 0.589. The van der Waals surface area contributed by atoms with Crippen molar-refractivity contribution in [1.82, 2.24) is 14.8 Å². The van der Waals surface area contributed by atoms with E-state index in [1.807, 2.05) is 11.6 Å². The molecule has 84 valence electrons. The first-order valence-corrected chi connectivity index (χ1v) is 5.88. The molecule has 0 radical (unpaired) electrons. The Bertz CT molecular complexity index is 388. The highest BCUT2D eigenvalue weighted by Gasteiger charge is 2.31. The quantitative estimate of drug-likeness (QED) is 0.799. The van der Waals surface area contributed by atoms with Crippen LogP contribution in [0.3, 0.4) is 0 Å². The molecule has 1 heterocycles. The summed E-state index contributed by atoms with van der Waals surface area (Å²) in [5, 5.41) is 7.15. The first kappa shape index (κ1) is 10.7. The molecule has 1 aromatic rings. The van der Waals surface area contributed by atoms with Crippen molar-refractivity contribution >= 4 is 18.2 Å². The zero-order chi connectivity index (χ0) is 11.0. The third-order valence-corrected chi connectivity index (χ3v) is 3.03. The number of aromatic amines is 1. The summed E-state index contributed by atoms with van der Waals surface area (Å²) < 4.78 is 2.65. The van der Waals surface area contributed by atoms with Crippen LogP contribution in [0.4, 0.5) is 5.95 Å². The largest absolute Gasteiger partial charge is 0.338 e. The molecule has 1 fully saturated rings. The van der Waals surface area contributed by atoms with Crippen LogP contribution >= 0.6 is 12.2 Å². The van der Waals surface area contributed by atoms with Gasteiger partial charge in [-0.15, -0.1) is 5.10 Å². The molecular formula is C10H18N4S. The molecule has 0 unspecified atom stereocenters. The van der Waals surface area contributed by atoms with Crippen molar-refractivity contribution < 1.29 is 0 Å². The molecule has 15 heavy (non-hydrogen) atoms. The average Bonchev–Trinajstić information content (AvgIpc) is 2.93. The number of nitrogens with zero attached hydrogens (tertiary/aromatic N) is 3. The van der Waals surface area contributed by atoms with E-state index in [1.165, 1.54) is 12.8 Å². The van der Waals surface area contributed by atoms with E-state index in [0.29, 0.717) is 16.7 Å². The predicted octanol–water partition coefficient (Wildman–Crippen LogP) is 2.10. The Morgan fingerprint density at radius 1 is 1.60 bits per heavy atom. The minimum atomic E-state index is 0.649. The van der Waals surface area contributed by atoms with Crippen molar-refractivity contribution in [1.29, 1.82) is 0 Å². The van der Waals surface area contributed by atoms with E-state index in [4.69, 9.17) is 12.2 Å². The maximum absolute atomic E-state index is 5.13. The van der Waals surface area contributed by atoms with Gasteiger partial charge in [-0.05, 0) is 31.0 Å². The molecule has 4 nitrogen and oxygen atoms in total. The van der Waals surface area contributed by atoms with Gasteiger partial charge in [-0.3, -0.25) is 4.57 Å². The summed E-state index contributed by atoms with van der Waals surface area (Å²) in [5.74, 6) is 1.63. The molecule has 1 aliphatic carbocycles. The predicted molar refractivity (Wildman–Crippen MR) is 63.6 cm³/mol. The maximum atomic E-state index is 5.13. The second kappa shape index (κ2) is 3.96. The van der Waals surface area contributed by atoms with Crippen molar-refractivity contribution in [2.24, 2.45) is 13.0 Å². The molecule has 5 heteroatoms. The molecule has 1 N–H and O–H groups in total. The SMILES string of the molecule is CC(C)CN(c1n[nH]c(=S)n1C)C1CC1. The van der Waals surface area contributed by atoms with Gasteiger partial charge in [0.1, 0.15) is 0 Å². The van der Waals surface area contributed by atoms with Gasteiger partial charge in [0.05, 0.1) is 0 Å². The lowest BCUT2D eigenvalue weighted by Gasteiger charge is -2.24. The number of aromatic nitrogens is 3. The Kier molecular flexibility index (Phi) is 2.82. The molecule has 1 aromatic heterocycles. The zero-order valence-electron chi connectivity index (χ0n) is 9.53. The van der Waals surface area contributed by atoms with Crippen LogP contribution in [0, 0.1) is 10.7 Å². The molecule has 1 aliphatic rings. The number of hydrogen-bond acceptors (Lipinski definition) is 3. The average molecular weight is 226 g/mol. The van der Waals surface area contributed by atoms with Crippen LogP contribution in [0.1, 0.15) is 26.7 Å². The fraction of sp³-hybridized carbons (Fsp3) is 0.800. The van der Waals surface area contributed by atoms with Crippen LogP contribution in [0.15, 0.2) is 0 Å². The fourth-order valence-corrected chi connectivity index (χ4v) is 1.90. The molecule has 0 aromatic carbocycles. The van der Waals surface area contributed by atoms with Gasteiger partial charge in [0.2, 0.25) is 5.95 Å². The molecule has 0 saturated heterocycles.